The van der Waals surface area contributed by atoms with Crippen LogP contribution in [-0.2, 0) is 0 Å². The lowest BCUT2D eigenvalue weighted by molar-refractivity contribution is 0.654. The molecule has 14 heavy (non-hydrogen) atoms. The molecule has 0 aromatic carbocycles. The molecule has 0 radical (unpaired) electrons. The van der Waals surface area contributed by atoms with Gasteiger partial charge in [-0.2, -0.15) is 11.8 Å². The quantitative estimate of drug-likeness (QED) is 0.809. The summed E-state index contributed by atoms with van der Waals surface area (Å²) in [5.41, 5.74) is 0. The van der Waals surface area contributed by atoms with Gasteiger partial charge in [0.05, 0.1) is 0 Å². The van der Waals surface area contributed by atoms with E-state index in [1.807, 2.05) is 23.5 Å². The lowest BCUT2D eigenvalue weighted by atomic mass is 10.2. The van der Waals surface area contributed by atoms with Gasteiger partial charge >= 0.3 is 0 Å². The topological polar surface area (TPSA) is 24.4 Å². The van der Waals surface area contributed by atoms with E-state index < -0.39 is 0 Å². The molecule has 0 aromatic rings. The van der Waals surface area contributed by atoms with Gasteiger partial charge < -0.3 is 5.32 Å². The molecule has 1 rings (SSSR count). The van der Waals surface area contributed by atoms with E-state index in [9.17, 15) is 0 Å². The number of aliphatic imine (C=N–C) groups is 1. The van der Waals surface area contributed by atoms with Gasteiger partial charge in [0.15, 0.2) is 5.17 Å². The van der Waals surface area contributed by atoms with Crippen LogP contribution in [-0.4, -0.2) is 35.0 Å². The predicted molar refractivity (Wildman–Crippen MR) is 69.5 cm³/mol. The lowest BCUT2D eigenvalue weighted by Crippen LogP contribution is -2.36. The average molecular weight is 232 g/mol. The molecule has 1 aliphatic heterocycles. The van der Waals surface area contributed by atoms with E-state index >= 15 is 0 Å². The van der Waals surface area contributed by atoms with Crippen molar-refractivity contribution >= 4 is 28.7 Å². The van der Waals surface area contributed by atoms with Crippen LogP contribution in [0.5, 0.6) is 0 Å². The van der Waals surface area contributed by atoms with Gasteiger partial charge in [0.2, 0.25) is 0 Å². The van der Waals surface area contributed by atoms with Crippen molar-refractivity contribution < 1.29 is 0 Å². The van der Waals surface area contributed by atoms with Gasteiger partial charge in [-0.25, -0.2) is 0 Å². The Kier molecular flexibility index (Phi) is 4.64. The molecule has 1 unspecified atom stereocenters. The van der Waals surface area contributed by atoms with Crippen molar-refractivity contribution in [3.63, 3.8) is 0 Å². The standard InChI is InChI=1S/C10H20N2S2/c1-8-5-11-9(14-6-8)12-7-10(2,3)13-4/h8H,5-7H2,1-4H3,(H,11,12). The van der Waals surface area contributed by atoms with Gasteiger partial charge in [-0.05, 0) is 26.0 Å². The fourth-order valence-electron chi connectivity index (χ4n) is 1.03. The summed E-state index contributed by atoms with van der Waals surface area (Å²) in [6, 6.07) is 0. The number of thioether (sulfide) groups is 2. The molecule has 1 aliphatic rings. The largest absolute Gasteiger partial charge is 0.364 e. The normalized spacial score (nSPS) is 23.1. The highest BCUT2D eigenvalue weighted by molar-refractivity contribution is 8.13. The summed E-state index contributed by atoms with van der Waals surface area (Å²) >= 11 is 3.74. The van der Waals surface area contributed by atoms with Crippen molar-refractivity contribution in [2.45, 2.75) is 25.5 Å². The molecule has 0 aliphatic carbocycles. The number of nitrogens with zero attached hydrogens (tertiary/aromatic N) is 1. The number of rotatable bonds is 3. The van der Waals surface area contributed by atoms with Gasteiger partial charge in [0.25, 0.3) is 0 Å². The number of amidine groups is 1. The van der Waals surface area contributed by atoms with Crippen molar-refractivity contribution in [1.82, 2.24) is 5.32 Å². The maximum Gasteiger partial charge on any atom is 0.156 e. The highest BCUT2D eigenvalue weighted by atomic mass is 32.2. The van der Waals surface area contributed by atoms with E-state index in [0.717, 1.165) is 24.2 Å². The third kappa shape index (κ3) is 4.13. The smallest absolute Gasteiger partial charge is 0.156 e. The Balaban J connectivity index is 2.32. The van der Waals surface area contributed by atoms with Crippen molar-refractivity contribution in [2.75, 3.05) is 25.1 Å². The van der Waals surface area contributed by atoms with E-state index in [1.54, 1.807) is 0 Å². The molecular formula is C10H20N2S2. The minimum absolute atomic E-state index is 0.298. The zero-order valence-corrected chi connectivity index (χ0v) is 11.1. The van der Waals surface area contributed by atoms with Crippen molar-refractivity contribution in [2.24, 2.45) is 10.9 Å². The second-order valence-electron chi connectivity index (χ2n) is 4.38. The molecular weight excluding hydrogens is 212 g/mol. The van der Waals surface area contributed by atoms with Crippen LogP contribution in [0, 0.1) is 5.92 Å². The summed E-state index contributed by atoms with van der Waals surface area (Å²) in [7, 11) is 0. The Hall–Kier alpha value is 0.170. The molecule has 0 saturated carbocycles. The van der Waals surface area contributed by atoms with E-state index in [-0.39, 0.29) is 0 Å². The summed E-state index contributed by atoms with van der Waals surface area (Å²) in [5, 5.41) is 4.56. The van der Waals surface area contributed by atoms with Gasteiger partial charge in [-0.3, -0.25) is 4.99 Å². The first-order valence-corrected chi connectivity index (χ1v) is 7.21. The van der Waals surface area contributed by atoms with Crippen molar-refractivity contribution in [1.29, 1.82) is 0 Å². The van der Waals surface area contributed by atoms with Crippen LogP contribution < -0.4 is 5.32 Å². The van der Waals surface area contributed by atoms with Gasteiger partial charge in [0.1, 0.15) is 0 Å². The van der Waals surface area contributed by atoms with Gasteiger partial charge in [-0.15, -0.1) is 0 Å². The molecule has 82 valence electrons. The van der Waals surface area contributed by atoms with Crippen LogP contribution in [0.1, 0.15) is 20.8 Å². The van der Waals surface area contributed by atoms with Crippen LogP contribution in [0.2, 0.25) is 0 Å². The molecule has 0 saturated heterocycles. The van der Waals surface area contributed by atoms with Crippen molar-refractivity contribution in [3.05, 3.63) is 0 Å². The summed E-state index contributed by atoms with van der Waals surface area (Å²) < 4.78 is 0.298. The monoisotopic (exact) mass is 232 g/mol. The fourth-order valence-corrected chi connectivity index (χ4v) is 2.13. The third-order valence-corrected chi connectivity index (χ3v) is 4.80. The Labute approximate surface area is 95.7 Å². The Morgan fingerprint density at radius 1 is 1.64 bits per heavy atom. The van der Waals surface area contributed by atoms with Crippen LogP contribution in [0.3, 0.4) is 0 Å². The predicted octanol–water partition coefficient (Wildman–Crippen LogP) is 2.46. The molecule has 0 aromatic heterocycles. The Morgan fingerprint density at radius 2 is 2.36 bits per heavy atom. The molecule has 2 nitrogen and oxygen atoms in total. The molecule has 0 bridgehead atoms. The molecule has 0 amide bonds. The maximum absolute atomic E-state index is 4.51. The maximum atomic E-state index is 4.51. The van der Waals surface area contributed by atoms with Gasteiger partial charge in [-0.1, -0.05) is 18.7 Å². The highest BCUT2D eigenvalue weighted by Crippen LogP contribution is 2.21. The van der Waals surface area contributed by atoms with Crippen LogP contribution in [0.25, 0.3) is 0 Å². The summed E-state index contributed by atoms with van der Waals surface area (Å²) in [6.07, 6.45) is 2.15. The number of hydrogen-bond acceptors (Lipinski definition) is 4. The second-order valence-corrected chi connectivity index (χ2v) is 6.90. The number of nitrogens with one attached hydrogen (secondary N) is 1. The summed E-state index contributed by atoms with van der Waals surface area (Å²) in [5.74, 6) is 1.94. The first-order chi connectivity index (χ1) is 6.53. The average Bonchev–Trinajstić information content (AvgIpc) is 2.17. The molecule has 1 atom stereocenters. The summed E-state index contributed by atoms with van der Waals surface area (Å²) in [4.78, 5) is 4.51. The zero-order valence-electron chi connectivity index (χ0n) is 9.46. The minimum atomic E-state index is 0.298. The SMILES string of the molecule is CSC(C)(C)CNC1=NCC(C)CS1. The Morgan fingerprint density at radius 3 is 2.86 bits per heavy atom. The van der Waals surface area contributed by atoms with E-state index in [2.05, 4.69) is 37.3 Å². The van der Waals surface area contributed by atoms with Gasteiger partial charge in [0, 0.05) is 23.6 Å². The fraction of sp³-hybridized carbons (Fsp3) is 0.900. The second kappa shape index (κ2) is 5.31. The lowest BCUT2D eigenvalue weighted by Gasteiger charge is -2.25. The molecule has 4 heteroatoms. The molecule has 1 heterocycles. The highest BCUT2D eigenvalue weighted by Gasteiger charge is 2.18. The first kappa shape index (κ1) is 12.2. The zero-order chi connectivity index (χ0) is 10.6. The summed E-state index contributed by atoms with van der Waals surface area (Å²) in [6.45, 7) is 8.73. The molecule has 1 N–H and O–H groups in total. The Bertz CT molecular complexity index is 214. The minimum Gasteiger partial charge on any atom is -0.364 e. The van der Waals surface area contributed by atoms with Crippen molar-refractivity contribution in [3.8, 4) is 0 Å². The molecule has 0 fully saturated rings. The van der Waals surface area contributed by atoms with Crippen LogP contribution in [0.4, 0.5) is 0 Å². The van der Waals surface area contributed by atoms with E-state index in [1.165, 1.54) is 5.75 Å². The molecule has 0 spiro atoms. The van der Waals surface area contributed by atoms with Crippen LogP contribution >= 0.6 is 23.5 Å². The van der Waals surface area contributed by atoms with E-state index in [0.29, 0.717) is 4.75 Å². The third-order valence-electron chi connectivity index (χ3n) is 2.27. The van der Waals surface area contributed by atoms with Crippen LogP contribution in [0.15, 0.2) is 4.99 Å². The first-order valence-electron chi connectivity index (χ1n) is 5.00. The number of hydrogen-bond donors (Lipinski definition) is 1. The van der Waals surface area contributed by atoms with E-state index in [4.69, 9.17) is 0 Å².